The van der Waals surface area contributed by atoms with E-state index in [-0.39, 0.29) is 24.7 Å². The summed E-state index contributed by atoms with van der Waals surface area (Å²) in [4.78, 5) is 38.6. The molecule has 26 heavy (non-hydrogen) atoms. The molecule has 0 bridgehead atoms. The van der Waals surface area contributed by atoms with Crippen molar-refractivity contribution < 1.29 is 19.1 Å². The molecule has 1 fully saturated rings. The van der Waals surface area contributed by atoms with Gasteiger partial charge in [-0.1, -0.05) is 48.0 Å². The Kier molecular flexibility index (Phi) is 5.16. The van der Waals surface area contributed by atoms with Crippen molar-refractivity contribution in [2.45, 2.75) is 26.4 Å². The quantitative estimate of drug-likeness (QED) is 0.613. The maximum absolute atomic E-state index is 12.4. The number of hydrogen-bond acceptors (Lipinski definition) is 4. The summed E-state index contributed by atoms with van der Waals surface area (Å²) in [5.41, 5.74) is 2.37. The van der Waals surface area contributed by atoms with Gasteiger partial charge in [0.15, 0.2) is 6.10 Å². The van der Waals surface area contributed by atoms with Gasteiger partial charge in [0.05, 0.1) is 5.92 Å². The number of nitrogens with zero attached hydrogens (tertiary/aromatic N) is 1. The highest BCUT2D eigenvalue weighted by Gasteiger charge is 2.37. The fourth-order valence-corrected chi connectivity index (χ4v) is 3.00. The first-order chi connectivity index (χ1) is 12.5. The predicted octanol–water partition coefficient (Wildman–Crippen LogP) is 3.16. The average molecular weight is 351 g/mol. The summed E-state index contributed by atoms with van der Waals surface area (Å²) in [7, 11) is 0. The molecule has 1 amide bonds. The van der Waals surface area contributed by atoms with Gasteiger partial charge in [0.1, 0.15) is 0 Å². The van der Waals surface area contributed by atoms with Gasteiger partial charge in [-0.25, -0.2) is 0 Å². The molecule has 1 saturated heterocycles. The molecule has 0 radical (unpaired) electrons. The first-order valence-corrected chi connectivity index (χ1v) is 8.62. The highest BCUT2D eigenvalue weighted by molar-refractivity contribution is 6.02. The number of anilines is 1. The molecule has 0 unspecified atom stereocenters. The second-order valence-corrected chi connectivity index (χ2v) is 6.55. The van der Waals surface area contributed by atoms with E-state index in [0.29, 0.717) is 5.56 Å². The minimum absolute atomic E-state index is 0.0962. The molecule has 1 aliphatic rings. The number of hydrogen-bond donors (Lipinski definition) is 0. The minimum Gasteiger partial charge on any atom is -0.454 e. The Morgan fingerprint density at radius 2 is 1.73 bits per heavy atom. The molecule has 0 aliphatic carbocycles. The van der Waals surface area contributed by atoms with E-state index in [0.717, 1.165) is 11.3 Å². The Balaban J connectivity index is 1.63. The van der Waals surface area contributed by atoms with Crippen LogP contribution in [-0.4, -0.2) is 30.3 Å². The van der Waals surface area contributed by atoms with E-state index in [1.807, 2.05) is 37.3 Å². The van der Waals surface area contributed by atoms with E-state index in [1.165, 1.54) is 0 Å². The van der Waals surface area contributed by atoms with Crippen molar-refractivity contribution >= 4 is 23.3 Å². The highest BCUT2D eigenvalue weighted by atomic mass is 16.5. The summed E-state index contributed by atoms with van der Waals surface area (Å²) in [6, 6.07) is 16.3. The maximum atomic E-state index is 12.4. The van der Waals surface area contributed by atoms with Gasteiger partial charge in [0.25, 0.3) is 0 Å². The van der Waals surface area contributed by atoms with Crippen molar-refractivity contribution in [3.05, 3.63) is 65.7 Å². The summed E-state index contributed by atoms with van der Waals surface area (Å²) in [5.74, 6) is -1.43. The Hall–Kier alpha value is -2.95. The van der Waals surface area contributed by atoms with Crippen LogP contribution in [0.4, 0.5) is 5.69 Å². The summed E-state index contributed by atoms with van der Waals surface area (Å²) in [6.45, 7) is 3.80. The lowest BCUT2D eigenvalue weighted by atomic mass is 10.1. The molecule has 5 nitrogen and oxygen atoms in total. The number of ether oxygens (including phenoxy) is 1. The summed E-state index contributed by atoms with van der Waals surface area (Å²) in [6.07, 6.45) is -0.785. The van der Waals surface area contributed by atoms with Crippen LogP contribution in [0.25, 0.3) is 0 Å². The first kappa shape index (κ1) is 17.9. The van der Waals surface area contributed by atoms with Gasteiger partial charge in [-0.05, 0) is 26.0 Å². The average Bonchev–Trinajstić information content (AvgIpc) is 3.04. The third kappa shape index (κ3) is 3.82. The number of carbonyl (C=O) groups excluding carboxylic acids is 3. The standard InChI is InChI=1S/C21H21NO4/c1-14-8-10-18(11-9-14)22-13-17(12-19(22)23)21(25)26-15(2)20(24)16-6-4-3-5-7-16/h3-11,15,17H,12-13H2,1-2H3/t15-,17-/m0/s1. The lowest BCUT2D eigenvalue weighted by molar-refractivity contribution is -0.151. The monoisotopic (exact) mass is 351 g/mol. The van der Waals surface area contributed by atoms with Crippen molar-refractivity contribution in [3.63, 3.8) is 0 Å². The van der Waals surface area contributed by atoms with Crippen LogP contribution in [0.1, 0.15) is 29.3 Å². The highest BCUT2D eigenvalue weighted by Crippen LogP contribution is 2.26. The number of carbonyl (C=O) groups is 3. The van der Waals surface area contributed by atoms with Crippen molar-refractivity contribution in [2.24, 2.45) is 5.92 Å². The lowest BCUT2D eigenvalue weighted by Gasteiger charge is -2.18. The summed E-state index contributed by atoms with van der Waals surface area (Å²) >= 11 is 0. The summed E-state index contributed by atoms with van der Waals surface area (Å²) < 4.78 is 5.33. The molecule has 1 aliphatic heterocycles. The molecule has 5 heteroatoms. The van der Waals surface area contributed by atoms with Gasteiger partial charge in [0, 0.05) is 24.2 Å². The van der Waals surface area contributed by atoms with Crippen molar-refractivity contribution in [3.8, 4) is 0 Å². The van der Waals surface area contributed by atoms with E-state index in [4.69, 9.17) is 4.74 Å². The molecule has 3 rings (SSSR count). The van der Waals surface area contributed by atoms with Crippen LogP contribution in [0.2, 0.25) is 0 Å². The van der Waals surface area contributed by atoms with E-state index >= 15 is 0 Å². The Morgan fingerprint density at radius 1 is 1.08 bits per heavy atom. The van der Waals surface area contributed by atoms with Crippen LogP contribution in [0, 0.1) is 12.8 Å². The zero-order valence-corrected chi connectivity index (χ0v) is 14.8. The third-order valence-electron chi connectivity index (χ3n) is 4.52. The molecular weight excluding hydrogens is 330 g/mol. The lowest BCUT2D eigenvalue weighted by Crippen LogP contribution is -2.30. The molecule has 0 aromatic heterocycles. The predicted molar refractivity (Wildman–Crippen MR) is 98.0 cm³/mol. The SMILES string of the molecule is Cc1ccc(N2C[C@@H](C(=O)O[C@@H](C)C(=O)c3ccccc3)CC2=O)cc1. The van der Waals surface area contributed by atoms with E-state index in [1.54, 1.807) is 36.1 Å². The second kappa shape index (κ2) is 7.52. The van der Waals surface area contributed by atoms with Crippen LogP contribution in [0.3, 0.4) is 0 Å². The van der Waals surface area contributed by atoms with Gasteiger partial charge in [-0.3, -0.25) is 14.4 Å². The topological polar surface area (TPSA) is 63.7 Å². The number of esters is 1. The minimum atomic E-state index is -0.881. The van der Waals surface area contributed by atoms with Gasteiger partial charge in [-0.15, -0.1) is 0 Å². The molecule has 0 N–H and O–H groups in total. The number of aryl methyl sites for hydroxylation is 1. The normalized spacial score (nSPS) is 17.8. The van der Waals surface area contributed by atoms with Crippen molar-refractivity contribution in [2.75, 3.05) is 11.4 Å². The smallest absolute Gasteiger partial charge is 0.312 e. The molecule has 2 aromatic carbocycles. The third-order valence-corrected chi connectivity index (χ3v) is 4.52. The molecular formula is C21H21NO4. The van der Waals surface area contributed by atoms with Crippen molar-refractivity contribution in [1.82, 2.24) is 0 Å². The van der Waals surface area contributed by atoms with Crippen LogP contribution < -0.4 is 4.90 Å². The van der Waals surface area contributed by atoms with Crippen LogP contribution in [0.15, 0.2) is 54.6 Å². The zero-order valence-electron chi connectivity index (χ0n) is 14.8. The van der Waals surface area contributed by atoms with E-state index in [9.17, 15) is 14.4 Å². The van der Waals surface area contributed by atoms with E-state index < -0.39 is 18.0 Å². The van der Waals surface area contributed by atoms with Crippen LogP contribution >= 0.6 is 0 Å². The molecule has 2 atom stereocenters. The number of amides is 1. The Morgan fingerprint density at radius 3 is 2.38 bits per heavy atom. The maximum Gasteiger partial charge on any atom is 0.312 e. The van der Waals surface area contributed by atoms with Gasteiger partial charge in [0.2, 0.25) is 11.7 Å². The first-order valence-electron chi connectivity index (χ1n) is 8.62. The zero-order chi connectivity index (χ0) is 18.7. The Labute approximate surface area is 152 Å². The van der Waals surface area contributed by atoms with Crippen LogP contribution in [-0.2, 0) is 14.3 Å². The fourth-order valence-electron chi connectivity index (χ4n) is 3.00. The second-order valence-electron chi connectivity index (χ2n) is 6.55. The van der Waals surface area contributed by atoms with Gasteiger partial charge in [-0.2, -0.15) is 0 Å². The molecule has 0 spiro atoms. The van der Waals surface area contributed by atoms with Crippen LogP contribution in [0.5, 0.6) is 0 Å². The number of rotatable bonds is 5. The van der Waals surface area contributed by atoms with Gasteiger partial charge >= 0.3 is 5.97 Å². The van der Waals surface area contributed by atoms with Gasteiger partial charge < -0.3 is 9.64 Å². The number of ketones is 1. The van der Waals surface area contributed by atoms with E-state index in [2.05, 4.69) is 0 Å². The fraction of sp³-hybridized carbons (Fsp3) is 0.286. The summed E-state index contributed by atoms with van der Waals surface area (Å²) in [5, 5.41) is 0. The largest absolute Gasteiger partial charge is 0.454 e. The number of benzene rings is 2. The number of Topliss-reactive ketones (excluding diaryl/α,β-unsaturated/α-hetero) is 1. The molecule has 2 aromatic rings. The molecule has 0 saturated carbocycles. The molecule has 1 heterocycles. The van der Waals surface area contributed by atoms with Crippen molar-refractivity contribution in [1.29, 1.82) is 0 Å². The Bertz CT molecular complexity index is 814. The molecule has 134 valence electrons.